The summed E-state index contributed by atoms with van der Waals surface area (Å²) in [6.45, 7) is 0. The first-order valence-electron chi connectivity index (χ1n) is 3.03. The summed E-state index contributed by atoms with van der Waals surface area (Å²) in [6, 6.07) is 0. The minimum Gasteiger partial charge on any atom is -0.366 e. The Labute approximate surface area is 59.1 Å². The lowest BCUT2D eigenvalue weighted by atomic mass is 10.2. The molecule has 2 atom stereocenters. The van der Waals surface area contributed by atoms with Gasteiger partial charge in [-0.3, -0.25) is 0 Å². The molecule has 1 fully saturated rings. The van der Waals surface area contributed by atoms with Crippen molar-refractivity contribution >= 4 is 17.9 Å². The number of hydrogen-bond acceptors (Lipinski definition) is 2. The molecule has 0 aromatic carbocycles. The van der Waals surface area contributed by atoms with E-state index in [-0.39, 0.29) is 12.2 Å². The van der Waals surface area contributed by atoms with Crippen LogP contribution in [0, 0.1) is 0 Å². The fourth-order valence-electron chi connectivity index (χ4n) is 0.947. The van der Waals surface area contributed by atoms with E-state index in [4.69, 9.17) is 16.3 Å². The van der Waals surface area contributed by atoms with Gasteiger partial charge in [-0.2, -0.15) is 0 Å². The molecule has 0 bridgehead atoms. The average molecular weight is 149 g/mol. The molecule has 1 saturated heterocycles. The van der Waals surface area contributed by atoms with Gasteiger partial charge in [0.2, 0.25) is 0 Å². The van der Waals surface area contributed by atoms with Crippen molar-refractivity contribution in [3.63, 3.8) is 0 Å². The van der Waals surface area contributed by atoms with Crippen LogP contribution in [0.2, 0.25) is 0 Å². The quantitative estimate of drug-likeness (QED) is 0.431. The van der Waals surface area contributed by atoms with Crippen molar-refractivity contribution in [3.05, 3.63) is 0 Å². The second-order valence-electron chi connectivity index (χ2n) is 2.16. The van der Waals surface area contributed by atoms with Gasteiger partial charge in [0.05, 0.1) is 6.10 Å². The summed E-state index contributed by atoms with van der Waals surface area (Å²) >= 11 is 5.49. The maximum absolute atomic E-state index is 10.1. The van der Waals surface area contributed by atoms with Gasteiger partial charge in [0.15, 0.2) is 0 Å². The summed E-state index contributed by atoms with van der Waals surface area (Å²) in [5.74, 6) is 0.504. The molecule has 1 heterocycles. The van der Waals surface area contributed by atoms with Gasteiger partial charge in [-0.05, 0) is 12.8 Å². The molecule has 3 heteroatoms. The molecule has 2 nitrogen and oxygen atoms in total. The number of ether oxygens (including phenoxy) is 1. The van der Waals surface area contributed by atoms with E-state index in [9.17, 15) is 4.79 Å². The van der Waals surface area contributed by atoms with Crippen LogP contribution in [0.4, 0.5) is 0 Å². The molecule has 9 heavy (non-hydrogen) atoms. The highest BCUT2D eigenvalue weighted by atomic mass is 35.5. The number of carbonyl (C=O) groups excluding carboxylic acids is 1. The monoisotopic (exact) mass is 148 g/mol. The maximum atomic E-state index is 10.1. The lowest BCUT2D eigenvalue weighted by molar-refractivity contribution is -0.116. The molecule has 0 saturated carbocycles. The summed E-state index contributed by atoms with van der Waals surface area (Å²) < 4.78 is 5.16. The first kappa shape index (κ1) is 7.03. The minimum atomic E-state index is -0.186. The highest BCUT2D eigenvalue weighted by Crippen LogP contribution is 2.18. The fraction of sp³-hybridized carbons (Fsp3) is 0.833. The predicted molar refractivity (Wildman–Crippen MR) is 34.7 cm³/mol. The standard InChI is InChI=1S/C6H9ClO2/c7-3-5-1-2-6(4-8)9-5/h4-6H,1-3H2/t5-,6?/m0/s1. The third-order valence-electron chi connectivity index (χ3n) is 1.46. The van der Waals surface area contributed by atoms with Crippen molar-refractivity contribution in [3.8, 4) is 0 Å². The zero-order valence-electron chi connectivity index (χ0n) is 5.05. The first-order chi connectivity index (χ1) is 4.36. The molecule has 1 aliphatic heterocycles. The van der Waals surface area contributed by atoms with E-state index < -0.39 is 0 Å². The maximum Gasteiger partial charge on any atom is 0.148 e. The van der Waals surface area contributed by atoms with Crippen LogP contribution in [0.5, 0.6) is 0 Å². The van der Waals surface area contributed by atoms with Crippen molar-refractivity contribution < 1.29 is 9.53 Å². The third kappa shape index (κ3) is 1.66. The Morgan fingerprint density at radius 3 is 2.78 bits per heavy atom. The Hall–Kier alpha value is -0.0800. The van der Waals surface area contributed by atoms with Gasteiger partial charge in [-0.15, -0.1) is 11.6 Å². The van der Waals surface area contributed by atoms with Crippen molar-refractivity contribution in [2.75, 3.05) is 5.88 Å². The number of hydrogen-bond donors (Lipinski definition) is 0. The second kappa shape index (κ2) is 3.18. The Morgan fingerprint density at radius 1 is 1.67 bits per heavy atom. The number of halogens is 1. The largest absolute Gasteiger partial charge is 0.366 e. The molecule has 0 N–H and O–H groups in total. The average Bonchev–Trinajstić information content (AvgIpc) is 2.34. The molecule has 0 radical (unpaired) electrons. The van der Waals surface area contributed by atoms with E-state index >= 15 is 0 Å². The number of alkyl halides is 1. The van der Waals surface area contributed by atoms with Gasteiger partial charge >= 0.3 is 0 Å². The van der Waals surface area contributed by atoms with Crippen LogP contribution in [0.15, 0.2) is 0 Å². The zero-order chi connectivity index (χ0) is 6.69. The molecule has 0 aliphatic carbocycles. The van der Waals surface area contributed by atoms with Crippen molar-refractivity contribution in [1.29, 1.82) is 0 Å². The molecule has 1 aliphatic rings. The van der Waals surface area contributed by atoms with E-state index in [2.05, 4.69) is 0 Å². The van der Waals surface area contributed by atoms with Crippen LogP contribution in [-0.2, 0) is 9.53 Å². The third-order valence-corrected chi connectivity index (χ3v) is 1.81. The van der Waals surface area contributed by atoms with Gasteiger partial charge in [0.1, 0.15) is 12.4 Å². The van der Waals surface area contributed by atoms with Crippen molar-refractivity contribution in [2.24, 2.45) is 0 Å². The van der Waals surface area contributed by atoms with Crippen LogP contribution in [0.1, 0.15) is 12.8 Å². The number of rotatable bonds is 2. The number of carbonyl (C=O) groups is 1. The molecule has 52 valence electrons. The minimum absolute atomic E-state index is 0.113. The van der Waals surface area contributed by atoms with Crippen LogP contribution in [-0.4, -0.2) is 24.4 Å². The smallest absolute Gasteiger partial charge is 0.148 e. The zero-order valence-corrected chi connectivity index (χ0v) is 5.80. The lowest BCUT2D eigenvalue weighted by Gasteiger charge is -2.03. The molecule has 1 unspecified atom stereocenters. The van der Waals surface area contributed by atoms with Gasteiger partial charge in [-0.1, -0.05) is 0 Å². The molecule has 0 aromatic rings. The molecule has 1 rings (SSSR count). The summed E-state index contributed by atoms with van der Waals surface area (Å²) in [5, 5.41) is 0. The molecule has 0 aromatic heterocycles. The summed E-state index contributed by atoms with van der Waals surface area (Å²) in [5.41, 5.74) is 0. The lowest BCUT2D eigenvalue weighted by Crippen LogP contribution is -2.12. The van der Waals surface area contributed by atoms with Gasteiger partial charge < -0.3 is 9.53 Å². The molecule has 0 spiro atoms. The molecular formula is C6H9ClO2. The topological polar surface area (TPSA) is 26.3 Å². The highest BCUT2D eigenvalue weighted by molar-refractivity contribution is 6.18. The second-order valence-corrected chi connectivity index (χ2v) is 2.47. The van der Waals surface area contributed by atoms with Crippen LogP contribution >= 0.6 is 11.6 Å². The van der Waals surface area contributed by atoms with E-state index in [0.717, 1.165) is 19.1 Å². The van der Waals surface area contributed by atoms with Crippen LogP contribution in [0.25, 0.3) is 0 Å². The summed E-state index contributed by atoms with van der Waals surface area (Å²) in [6.07, 6.45) is 2.52. The van der Waals surface area contributed by atoms with E-state index in [0.29, 0.717) is 5.88 Å². The summed E-state index contributed by atoms with van der Waals surface area (Å²) in [7, 11) is 0. The SMILES string of the molecule is O=CC1CC[C@@H](CCl)O1. The molecule has 0 amide bonds. The van der Waals surface area contributed by atoms with Crippen LogP contribution in [0.3, 0.4) is 0 Å². The predicted octanol–water partition coefficient (Wildman–Crippen LogP) is 0.972. The number of aldehydes is 1. The Balaban J connectivity index is 2.28. The van der Waals surface area contributed by atoms with E-state index in [1.54, 1.807) is 0 Å². The Bertz CT molecular complexity index is 105. The van der Waals surface area contributed by atoms with E-state index in [1.165, 1.54) is 0 Å². The van der Waals surface area contributed by atoms with Gasteiger partial charge in [-0.25, -0.2) is 0 Å². The Morgan fingerprint density at radius 2 is 2.44 bits per heavy atom. The first-order valence-corrected chi connectivity index (χ1v) is 3.57. The summed E-state index contributed by atoms with van der Waals surface area (Å²) in [4.78, 5) is 10.1. The Kier molecular flexibility index (Phi) is 2.49. The normalized spacial score (nSPS) is 34.8. The molecular weight excluding hydrogens is 140 g/mol. The highest BCUT2D eigenvalue weighted by Gasteiger charge is 2.23. The van der Waals surface area contributed by atoms with Gasteiger partial charge in [0, 0.05) is 5.88 Å². The van der Waals surface area contributed by atoms with Gasteiger partial charge in [0.25, 0.3) is 0 Å². The fourth-order valence-corrected chi connectivity index (χ4v) is 1.17. The van der Waals surface area contributed by atoms with Crippen LogP contribution < -0.4 is 0 Å². The van der Waals surface area contributed by atoms with Crippen molar-refractivity contribution in [1.82, 2.24) is 0 Å². The van der Waals surface area contributed by atoms with Crippen molar-refractivity contribution in [2.45, 2.75) is 25.0 Å². The van der Waals surface area contributed by atoms with E-state index in [1.807, 2.05) is 0 Å².